The molecule has 0 bridgehead atoms. The van der Waals surface area contributed by atoms with Crippen molar-refractivity contribution in [2.75, 3.05) is 0 Å². The predicted molar refractivity (Wildman–Crippen MR) is 102 cm³/mol. The molecule has 1 fully saturated rings. The zero-order valence-corrected chi connectivity index (χ0v) is 16.1. The molecule has 0 heterocycles. The summed E-state index contributed by atoms with van der Waals surface area (Å²) in [6.45, 7) is 2.25. The minimum Gasteiger partial charge on any atom is -0.223 e. The summed E-state index contributed by atoms with van der Waals surface area (Å²) in [5.74, 6) is 0. The number of benzene rings is 1. The molecule has 0 aromatic heterocycles. The van der Waals surface area contributed by atoms with Crippen molar-refractivity contribution < 1.29 is 8.42 Å². The van der Waals surface area contributed by atoms with Crippen molar-refractivity contribution in [1.82, 2.24) is 0 Å². The van der Waals surface area contributed by atoms with E-state index in [9.17, 15) is 8.42 Å². The first-order chi connectivity index (χ1) is 11.6. The molecule has 24 heavy (non-hydrogen) atoms. The first kappa shape index (κ1) is 19.5. The lowest BCUT2D eigenvalue weighted by molar-refractivity contribution is 0.530. The van der Waals surface area contributed by atoms with Crippen molar-refractivity contribution in [3.63, 3.8) is 0 Å². The molecule has 3 heteroatoms. The predicted octanol–water partition coefficient (Wildman–Crippen LogP) is 6.30. The maximum Gasteiger partial charge on any atom is 0.184 e. The van der Waals surface area contributed by atoms with Crippen LogP contribution in [0.4, 0.5) is 0 Å². The number of unbranched alkanes of at least 4 members (excludes halogenated alkanes) is 9. The van der Waals surface area contributed by atoms with E-state index in [1.54, 1.807) is 12.1 Å². The molecule has 1 aromatic carbocycles. The third-order valence-electron chi connectivity index (χ3n) is 5.42. The van der Waals surface area contributed by atoms with Crippen LogP contribution in [-0.4, -0.2) is 13.2 Å². The van der Waals surface area contributed by atoms with Gasteiger partial charge in [0.1, 0.15) is 0 Å². The Hall–Kier alpha value is -0.830. The lowest BCUT2D eigenvalue weighted by Crippen LogP contribution is -2.23. The van der Waals surface area contributed by atoms with Gasteiger partial charge in [0.25, 0.3) is 0 Å². The van der Waals surface area contributed by atoms with Crippen molar-refractivity contribution in [2.45, 2.75) is 100 Å². The first-order valence-corrected chi connectivity index (χ1v) is 11.4. The van der Waals surface area contributed by atoms with Crippen LogP contribution in [0.2, 0.25) is 0 Å². The Morgan fingerprint density at radius 3 is 1.79 bits per heavy atom. The van der Waals surface area contributed by atoms with Gasteiger partial charge in [-0.2, -0.15) is 0 Å². The van der Waals surface area contributed by atoms with E-state index in [0.29, 0.717) is 4.90 Å². The lowest BCUT2D eigenvalue weighted by atomic mass is 10.0. The molecule has 0 saturated heterocycles. The average molecular weight is 351 g/mol. The third-order valence-corrected chi connectivity index (χ3v) is 8.06. The van der Waals surface area contributed by atoms with Gasteiger partial charge < -0.3 is 0 Å². The number of hydrogen-bond donors (Lipinski definition) is 0. The van der Waals surface area contributed by atoms with Crippen LogP contribution < -0.4 is 0 Å². The van der Waals surface area contributed by atoms with Gasteiger partial charge in [-0.05, 0) is 31.4 Å². The summed E-state index contributed by atoms with van der Waals surface area (Å²) in [6.07, 6.45) is 15.5. The monoisotopic (exact) mass is 350 g/mol. The van der Waals surface area contributed by atoms with Gasteiger partial charge in [-0.15, -0.1) is 0 Å². The second-order valence-corrected chi connectivity index (χ2v) is 9.78. The molecular weight excluding hydrogens is 316 g/mol. The van der Waals surface area contributed by atoms with Gasteiger partial charge in [0, 0.05) is 0 Å². The Morgan fingerprint density at radius 2 is 1.29 bits per heavy atom. The highest BCUT2D eigenvalue weighted by Gasteiger charge is 2.53. The molecule has 1 aliphatic carbocycles. The average Bonchev–Trinajstić information content (AvgIpc) is 3.39. The van der Waals surface area contributed by atoms with Crippen LogP contribution in [-0.2, 0) is 9.84 Å². The quantitative estimate of drug-likeness (QED) is 0.391. The van der Waals surface area contributed by atoms with E-state index < -0.39 is 14.6 Å². The molecule has 0 atom stereocenters. The second-order valence-electron chi connectivity index (χ2n) is 7.43. The highest BCUT2D eigenvalue weighted by molar-refractivity contribution is 7.93. The largest absolute Gasteiger partial charge is 0.223 e. The van der Waals surface area contributed by atoms with Crippen LogP contribution in [0.3, 0.4) is 0 Å². The van der Waals surface area contributed by atoms with Crippen LogP contribution in [0.5, 0.6) is 0 Å². The zero-order valence-electron chi connectivity index (χ0n) is 15.3. The molecule has 1 saturated carbocycles. The van der Waals surface area contributed by atoms with Crippen molar-refractivity contribution in [3.05, 3.63) is 30.3 Å². The summed E-state index contributed by atoms with van der Waals surface area (Å²) in [5.41, 5.74) is 0. The van der Waals surface area contributed by atoms with Crippen LogP contribution in [0.25, 0.3) is 0 Å². The Bertz CT molecular complexity index is 559. The fourth-order valence-electron chi connectivity index (χ4n) is 3.58. The van der Waals surface area contributed by atoms with Gasteiger partial charge >= 0.3 is 0 Å². The fourth-order valence-corrected chi connectivity index (χ4v) is 5.64. The normalized spacial score (nSPS) is 16.2. The topological polar surface area (TPSA) is 34.1 Å². The van der Waals surface area contributed by atoms with E-state index in [-0.39, 0.29) is 0 Å². The summed E-state index contributed by atoms with van der Waals surface area (Å²) in [7, 11) is -3.14. The van der Waals surface area contributed by atoms with E-state index in [0.717, 1.165) is 25.7 Å². The number of rotatable bonds is 13. The van der Waals surface area contributed by atoms with Crippen LogP contribution in [0, 0.1) is 0 Å². The van der Waals surface area contributed by atoms with Gasteiger partial charge in [0.15, 0.2) is 9.84 Å². The molecule has 2 rings (SSSR count). The van der Waals surface area contributed by atoms with E-state index in [4.69, 9.17) is 0 Å². The summed E-state index contributed by atoms with van der Waals surface area (Å²) in [5, 5.41) is 0. The standard InChI is InChI=1S/C21H34O2S/c1-2-3-4-5-6-7-8-9-10-14-17-21(18-19-21)24(22,23)20-15-12-11-13-16-20/h11-13,15-16H,2-10,14,17-19H2,1H3. The highest BCUT2D eigenvalue weighted by atomic mass is 32.2. The molecule has 136 valence electrons. The van der Waals surface area contributed by atoms with Gasteiger partial charge in [0.2, 0.25) is 0 Å². The Morgan fingerprint density at radius 1 is 0.792 bits per heavy atom. The molecule has 0 radical (unpaired) electrons. The number of sulfone groups is 1. The molecule has 0 N–H and O–H groups in total. The van der Waals surface area contributed by atoms with Gasteiger partial charge in [-0.1, -0.05) is 89.3 Å². The Kier molecular flexibility index (Phi) is 7.80. The molecule has 0 spiro atoms. The second kappa shape index (κ2) is 9.60. The Labute approximate surface area is 149 Å². The summed E-state index contributed by atoms with van der Waals surface area (Å²) in [6, 6.07) is 9.01. The van der Waals surface area contributed by atoms with E-state index in [1.807, 2.05) is 18.2 Å². The van der Waals surface area contributed by atoms with Crippen LogP contribution in [0.1, 0.15) is 90.4 Å². The van der Waals surface area contributed by atoms with Crippen molar-refractivity contribution in [3.8, 4) is 0 Å². The maximum atomic E-state index is 12.8. The minimum absolute atomic E-state index is 0.436. The minimum atomic E-state index is -3.14. The number of hydrogen-bond acceptors (Lipinski definition) is 2. The molecule has 0 unspecified atom stereocenters. The molecular formula is C21H34O2S. The summed E-state index contributed by atoms with van der Waals surface area (Å²) in [4.78, 5) is 0.509. The molecule has 0 aliphatic heterocycles. The van der Waals surface area contributed by atoms with Gasteiger partial charge in [-0.25, -0.2) is 8.42 Å². The third kappa shape index (κ3) is 5.34. The molecule has 1 aliphatic rings. The SMILES string of the molecule is CCCCCCCCCCCCC1(S(=O)(=O)c2ccccc2)CC1. The highest BCUT2D eigenvalue weighted by Crippen LogP contribution is 2.50. The smallest absolute Gasteiger partial charge is 0.184 e. The van der Waals surface area contributed by atoms with Crippen LogP contribution in [0.15, 0.2) is 35.2 Å². The summed E-state index contributed by atoms with van der Waals surface area (Å²) >= 11 is 0. The van der Waals surface area contributed by atoms with Crippen molar-refractivity contribution in [1.29, 1.82) is 0 Å². The van der Waals surface area contributed by atoms with Crippen LogP contribution >= 0.6 is 0 Å². The molecule has 1 aromatic rings. The van der Waals surface area contributed by atoms with Gasteiger partial charge in [-0.3, -0.25) is 0 Å². The Balaban J connectivity index is 1.62. The van der Waals surface area contributed by atoms with Crippen molar-refractivity contribution >= 4 is 9.84 Å². The van der Waals surface area contributed by atoms with Crippen molar-refractivity contribution in [2.24, 2.45) is 0 Å². The lowest BCUT2D eigenvalue weighted by Gasteiger charge is -2.16. The molecule has 2 nitrogen and oxygen atoms in total. The molecule has 0 amide bonds. The van der Waals surface area contributed by atoms with Gasteiger partial charge in [0.05, 0.1) is 9.64 Å². The zero-order chi connectivity index (χ0) is 17.3. The van der Waals surface area contributed by atoms with E-state index in [1.165, 1.54) is 57.8 Å². The van der Waals surface area contributed by atoms with E-state index >= 15 is 0 Å². The maximum absolute atomic E-state index is 12.8. The summed E-state index contributed by atoms with van der Waals surface area (Å²) < 4.78 is 25.2. The van der Waals surface area contributed by atoms with E-state index in [2.05, 4.69) is 6.92 Å². The first-order valence-electron chi connectivity index (χ1n) is 9.92. The fraction of sp³-hybridized carbons (Fsp3) is 0.714.